The molecule has 0 aliphatic rings. The van der Waals surface area contributed by atoms with Gasteiger partial charge in [-0.2, -0.15) is 0 Å². The number of halogens is 2. The summed E-state index contributed by atoms with van der Waals surface area (Å²) in [5, 5.41) is -0.0128. The lowest BCUT2D eigenvalue weighted by atomic mass is 10.1. The summed E-state index contributed by atoms with van der Waals surface area (Å²) in [6.07, 6.45) is 0. The number of rotatable bonds is 6. The topological polar surface area (TPSA) is 80.8 Å². The number of hydrogen-bond donors (Lipinski definition) is 0. The smallest absolute Gasteiger partial charge is 0.338 e. The van der Waals surface area contributed by atoms with E-state index in [2.05, 4.69) is 15.9 Å². The van der Waals surface area contributed by atoms with Crippen LogP contribution in [-0.2, 0) is 14.8 Å². The minimum absolute atomic E-state index is 0.0128. The number of carbonyl (C=O) groups excluding carboxylic acids is 2. The van der Waals surface area contributed by atoms with Gasteiger partial charge in [-0.15, -0.1) is 0 Å². The van der Waals surface area contributed by atoms with E-state index in [9.17, 15) is 18.0 Å². The van der Waals surface area contributed by atoms with Crippen molar-refractivity contribution in [3.63, 3.8) is 0 Å². The number of nitrogens with zero attached hydrogens (tertiary/aromatic N) is 1. The quantitative estimate of drug-likeness (QED) is 0.487. The van der Waals surface area contributed by atoms with Gasteiger partial charge in [-0.25, -0.2) is 17.5 Å². The van der Waals surface area contributed by atoms with Gasteiger partial charge in [-0.3, -0.25) is 4.79 Å². The SMILES string of the molecule is CN(C)S(=O)(=O)c1cc(C(=O)OCC(=O)c2ccc(Br)cc2)ccc1Cl. The molecule has 0 N–H and O–H groups in total. The number of ether oxygens (including phenoxy) is 1. The van der Waals surface area contributed by atoms with Crippen LogP contribution in [0.15, 0.2) is 51.8 Å². The molecule has 0 bridgehead atoms. The molecule has 0 heterocycles. The van der Waals surface area contributed by atoms with E-state index in [1.54, 1.807) is 24.3 Å². The summed E-state index contributed by atoms with van der Waals surface area (Å²) in [6, 6.07) is 10.4. The van der Waals surface area contributed by atoms with E-state index in [-0.39, 0.29) is 21.3 Å². The molecule has 0 fully saturated rings. The van der Waals surface area contributed by atoms with Crippen LogP contribution in [0, 0.1) is 0 Å². The Kier molecular flexibility index (Phi) is 6.57. The molecule has 0 aromatic heterocycles. The predicted molar refractivity (Wildman–Crippen MR) is 101 cm³/mol. The summed E-state index contributed by atoms with van der Waals surface area (Å²) in [6.45, 7) is -0.459. The Labute approximate surface area is 164 Å². The van der Waals surface area contributed by atoms with E-state index in [0.717, 1.165) is 14.8 Å². The highest BCUT2D eigenvalue weighted by Gasteiger charge is 2.23. The lowest BCUT2D eigenvalue weighted by Crippen LogP contribution is -2.23. The zero-order chi connectivity index (χ0) is 19.5. The molecule has 0 atom stereocenters. The molecule has 0 spiro atoms. The van der Waals surface area contributed by atoms with Gasteiger partial charge in [0.1, 0.15) is 4.90 Å². The third-order valence-corrected chi connectivity index (χ3v) is 6.25. The number of Topliss-reactive ketones (excluding diaryl/α,β-unsaturated/α-hetero) is 1. The van der Waals surface area contributed by atoms with Crippen molar-refractivity contribution in [3.05, 3.63) is 63.1 Å². The van der Waals surface area contributed by atoms with Crippen LogP contribution in [0.5, 0.6) is 0 Å². The zero-order valence-corrected chi connectivity index (χ0v) is 17.1. The van der Waals surface area contributed by atoms with Crippen molar-refractivity contribution >= 4 is 49.3 Å². The van der Waals surface area contributed by atoms with Gasteiger partial charge in [0.05, 0.1) is 10.6 Å². The second kappa shape index (κ2) is 8.30. The normalized spacial score (nSPS) is 11.4. The van der Waals surface area contributed by atoms with Crippen molar-refractivity contribution in [3.8, 4) is 0 Å². The highest BCUT2D eigenvalue weighted by molar-refractivity contribution is 9.10. The Morgan fingerprint density at radius 3 is 2.23 bits per heavy atom. The fourth-order valence-corrected chi connectivity index (χ4v) is 3.62. The molecule has 138 valence electrons. The van der Waals surface area contributed by atoms with E-state index in [1.807, 2.05) is 0 Å². The Balaban J connectivity index is 2.15. The second-order valence-corrected chi connectivity index (χ2v) is 8.88. The molecular weight excluding hydrogens is 446 g/mol. The third-order valence-electron chi connectivity index (χ3n) is 3.43. The molecule has 26 heavy (non-hydrogen) atoms. The molecule has 2 aromatic rings. The van der Waals surface area contributed by atoms with E-state index >= 15 is 0 Å². The molecule has 0 saturated carbocycles. The van der Waals surface area contributed by atoms with Gasteiger partial charge >= 0.3 is 5.97 Å². The number of sulfonamides is 1. The summed E-state index contributed by atoms with van der Waals surface area (Å²) >= 11 is 9.20. The minimum atomic E-state index is -3.82. The van der Waals surface area contributed by atoms with Crippen LogP contribution in [-0.4, -0.2) is 45.2 Å². The first-order chi connectivity index (χ1) is 12.1. The Morgan fingerprint density at radius 2 is 1.65 bits per heavy atom. The maximum absolute atomic E-state index is 12.2. The second-order valence-electron chi connectivity index (χ2n) is 5.44. The average molecular weight is 461 g/mol. The molecular formula is C17H15BrClNO5S. The number of ketones is 1. The van der Waals surface area contributed by atoms with Crippen molar-refractivity contribution in [2.75, 3.05) is 20.7 Å². The first-order valence-corrected chi connectivity index (χ1v) is 9.92. The third kappa shape index (κ3) is 4.70. The Bertz CT molecular complexity index is 942. The van der Waals surface area contributed by atoms with Gasteiger partial charge in [0.15, 0.2) is 12.4 Å². The lowest BCUT2D eigenvalue weighted by molar-refractivity contribution is 0.0474. The summed E-state index contributed by atoms with van der Waals surface area (Å²) in [5.74, 6) is -1.19. The Morgan fingerprint density at radius 1 is 1.08 bits per heavy atom. The van der Waals surface area contributed by atoms with Crippen LogP contribution in [0.25, 0.3) is 0 Å². The summed E-state index contributed by atoms with van der Waals surface area (Å²) in [4.78, 5) is 24.0. The zero-order valence-electron chi connectivity index (χ0n) is 13.9. The number of hydrogen-bond acceptors (Lipinski definition) is 5. The minimum Gasteiger partial charge on any atom is -0.454 e. The van der Waals surface area contributed by atoms with Crippen LogP contribution in [0.2, 0.25) is 5.02 Å². The monoisotopic (exact) mass is 459 g/mol. The highest BCUT2D eigenvalue weighted by atomic mass is 79.9. The first kappa shape index (κ1) is 20.6. The van der Waals surface area contributed by atoms with Crippen LogP contribution in [0.1, 0.15) is 20.7 Å². The van der Waals surface area contributed by atoms with E-state index in [4.69, 9.17) is 16.3 Å². The predicted octanol–water partition coefficient (Wildman–Crippen LogP) is 3.39. The van der Waals surface area contributed by atoms with Crippen molar-refractivity contribution in [2.24, 2.45) is 0 Å². The lowest BCUT2D eigenvalue weighted by Gasteiger charge is -2.13. The van der Waals surface area contributed by atoms with Gasteiger partial charge in [-0.05, 0) is 30.3 Å². The molecule has 2 rings (SSSR count). The molecule has 0 aliphatic heterocycles. The van der Waals surface area contributed by atoms with Gasteiger partial charge in [0.25, 0.3) is 0 Å². The van der Waals surface area contributed by atoms with Gasteiger partial charge in [0.2, 0.25) is 10.0 Å². The van der Waals surface area contributed by atoms with Crippen molar-refractivity contribution in [1.29, 1.82) is 0 Å². The molecule has 9 heteroatoms. The molecule has 0 radical (unpaired) electrons. The largest absolute Gasteiger partial charge is 0.454 e. The van der Waals surface area contributed by atoms with Gasteiger partial charge < -0.3 is 4.74 Å². The van der Waals surface area contributed by atoms with Crippen LogP contribution >= 0.6 is 27.5 Å². The number of carbonyl (C=O) groups is 2. The summed E-state index contributed by atoms with van der Waals surface area (Å²) < 4.78 is 31.3. The highest BCUT2D eigenvalue weighted by Crippen LogP contribution is 2.25. The van der Waals surface area contributed by atoms with Gasteiger partial charge in [0, 0.05) is 24.1 Å². The fraction of sp³-hybridized carbons (Fsp3) is 0.176. The average Bonchev–Trinajstić information content (AvgIpc) is 2.60. The van der Waals surface area contributed by atoms with Crippen molar-refractivity contribution < 1.29 is 22.7 Å². The summed E-state index contributed by atoms with van der Waals surface area (Å²) in [5.41, 5.74) is 0.381. The maximum atomic E-state index is 12.2. The number of esters is 1. The molecule has 6 nitrogen and oxygen atoms in total. The maximum Gasteiger partial charge on any atom is 0.338 e. The number of benzene rings is 2. The first-order valence-electron chi connectivity index (χ1n) is 7.31. The summed E-state index contributed by atoms with van der Waals surface area (Å²) in [7, 11) is -1.11. The van der Waals surface area contributed by atoms with E-state index in [0.29, 0.717) is 5.56 Å². The molecule has 0 unspecified atom stereocenters. The van der Waals surface area contributed by atoms with Crippen molar-refractivity contribution in [2.45, 2.75) is 4.90 Å². The molecule has 0 amide bonds. The van der Waals surface area contributed by atoms with Crippen LogP contribution < -0.4 is 0 Å². The fourth-order valence-electron chi connectivity index (χ4n) is 1.96. The Hall–Kier alpha value is -1.74. The van der Waals surface area contributed by atoms with Crippen LogP contribution in [0.3, 0.4) is 0 Å². The molecule has 0 aliphatic carbocycles. The van der Waals surface area contributed by atoms with Gasteiger partial charge in [-0.1, -0.05) is 39.7 Å². The van der Waals surface area contributed by atoms with Crippen molar-refractivity contribution in [1.82, 2.24) is 4.31 Å². The molecule has 0 saturated heterocycles. The van der Waals surface area contributed by atoms with E-state index < -0.39 is 22.6 Å². The molecule has 2 aromatic carbocycles. The standard InChI is InChI=1S/C17H15BrClNO5S/c1-20(2)26(23,24)16-9-12(5-8-14(16)19)17(22)25-10-15(21)11-3-6-13(18)7-4-11/h3-9H,10H2,1-2H3. The van der Waals surface area contributed by atoms with E-state index in [1.165, 1.54) is 26.2 Å². The van der Waals surface area contributed by atoms with Crippen LogP contribution in [0.4, 0.5) is 0 Å².